The second-order valence-corrected chi connectivity index (χ2v) is 16.6. The fraction of sp³-hybridized carbons (Fsp3) is 0. The summed E-state index contributed by atoms with van der Waals surface area (Å²) in [6.45, 7) is 0. The van der Waals surface area contributed by atoms with Crippen LogP contribution in [-0.4, -0.2) is 15.0 Å². The Bertz CT molecular complexity index is 3650. The lowest BCUT2D eigenvalue weighted by Crippen LogP contribution is -2.01. The van der Waals surface area contributed by atoms with Crippen molar-refractivity contribution in [3.8, 4) is 67.5 Å². The van der Waals surface area contributed by atoms with E-state index in [1.165, 1.54) is 64.3 Å². The molecule has 0 spiro atoms. The van der Waals surface area contributed by atoms with Gasteiger partial charge >= 0.3 is 0 Å². The molecule has 2 aromatic heterocycles. The number of hydrogen-bond donors (Lipinski definition) is 0. The second-order valence-electron chi connectivity index (χ2n) is 15.5. The van der Waals surface area contributed by atoms with Gasteiger partial charge in [0.1, 0.15) is 0 Å². The maximum Gasteiger partial charge on any atom is 0.165 e. The summed E-state index contributed by atoms with van der Waals surface area (Å²) in [5, 5.41) is 9.36. The monoisotopic (exact) mass is 793 g/mol. The van der Waals surface area contributed by atoms with Crippen LogP contribution in [-0.2, 0) is 0 Å². The normalized spacial score (nSPS) is 11.6. The summed E-state index contributed by atoms with van der Waals surface area (Å²) in [5.74, 6) is 1.94. The van der Waals surface area contributed by atoms with Gasteiger partial charge in [0, 0.05) is 36.9 Å². The van der Waals surface area contributed by atoms with E-state index in [0.29, 0.717) is 17.5 Å². The molecule has 0 aliphatic heterocycles. The molecule has 0 aliphatic carbocycles. The lowest BCUT2D eigenvalue weighted by molar-refractivity contribution is 1.08. The molecule has 61 heavy (non-hydrogen) atoms. The van der Waals surface area contributed by atoms with E-state index in [2.05, 4.69) is 212 Å². The molecule has 0 atom stereocenters. The van der Waals surface area contributed by atoms with Gasteiger partial charge in [-0.2, -0.15) is 0 Å². The number of aromatic nitrogens is 3. The quantitative estimate of drug-likeness (QED) is 0.168. The van der Waals surface area contributed by atoms with Gasteiger partial charge in [-0.25, -0.2) is 15.0 Å². The Morgan fingerprint density at radius 2 is 0.721 bits per heavy atom. The van der Waals surface area contributed by atoms with Crippen LogP contribution in [0.3, 0.4) is 0 Å². The molecule has 10 aromatic carbocycles. The van der Waals surface area contributed by atoms with Crippen LogP contribution in [0.15, 0.2) is 212 Å². The second kappa shape index (κ2) is 14.5. The summed E-state index contributed by atoms with van der Waals surface area (Å²) >= 11 is 1.79. The van der Waals surface area contributed by atoms with Gasteiger partial charge in [0.05, 0.1) is 0 Å². The molecular formula is C57H35N3S. The van der Waals surface area contributed by atoms with Gasteiger partial charge in [-0.05, 0) is 102 Å². The zero-order chi connectivity index (χ0) is 40.3. The number of fused-ring (bicyclic) bond motifs is 6. The van der Waals surface area contributed by atoms with Gasteiger partial charge in [-0.3, -0.25) is 0 Å². The summed E-state index contributed by atoms with van der Waals surface area (Å²) in [4.78, 5) is 16.1. The molecule has 0 amide bonds. The van der Waals surface area contributed by atoms with E-state index in [4.69, 9.17) is 15.0 Å². The molecule has 3 nitrogen and oxygen atoms in total. The van der Waals surface area contributed by atoms with Crippen molar-refractivity contribution in [2.24, 2.45) is 0 Å². The topological polar surface area (TPSA) is 38.7 Å². The highest BCUT2D eigenvalue weighted by atomic mass is 32.1. The summed E-state index contributed by atoms with van der Waals surface area (Å²) in [7, 11) is 0. The van der Waals surface area contributed by atoms with Gasteiger partial charge < -0.3 is 0 Å². The van der Waals surface area contributed by atoms with Gasteiger partial charge in [-0.1, -0.05) is 176 Å². The van der Waals surface area contributed by atoms with E-state index in [-0.39, 0.29) is 0 Å². The van der Waals surface area contributed by atoms with Crippen LogP contribution < -0.4 is 0 Å². The molecule has 0 aliphatic rings. The minimum atomic E-state index is 0.642. The van der Waals surface area contributed by atoms with Crippen molar-refractivity contribution in [1.29, 1.82) is 0 Å². The van der Waals surface area contributed by atoms with Crippen LogP contribution in [0.4, 0.5) is 0 Å². The maximum absolute atomic E-state index is 5.39. The van der Waals surface area contributed by atoms with Crippen molar-refractivity contribution >= 4 is 63.8 Å². The Balaban J connectivity index is 1.07. The van der Waals surface area contributed by atoms with Crippen LogP contribution >= 0.6 is 11.3 Å². The highest BCUT2D eigenvalue weighted by Gasteiger charge is 2.20. The van der Waals surface area contributed by atoms with Crippen molar-refractivity contribution in [1.82, 2.24) is 15.0 Å². The highest BCUT2D eigenvalue weighted by Crippen LogP contribution is 2.42. The van der Waals surface area contributed by atoms with Crippen LogP contribution in [0, 0.1) is 0 Å². The van der Waals surface area contributed by atoms with Gasteiger partial charge in [0.2, 0.25) is 0 Å². The number of rotatable bonds is 6. The third-order valence-electron chi connectivity index (χ3n) is 12.0. The van der Waals surface area contributed by atoms with Gasteiger partial charge in [0.15, 0.2) is 17.5 Å². The summed E-state index contributed by atoms with van der Waals surface area (Å²) in [6, 6.07) is 75.8. The predicted octanol–water partition coefficient (Wildman–Crippen LogP) is 15.7. The van der Waals surface area contributed by atoms with E-state index >= 15 is 0 Å². The smallest absolute Gasteiger partial charge is 0.165 e. The third-order valence-corrected chi connectivity index (χ3v) is 13.2. The Kier molecular flexibility index (Phi) is 8.36. The van der Waals surface area contributed by atoms with Crippen LogP contribution in [0.2, 0.25) is 0 Å². The average molecular weight is 794 g/mol. The summed E-state index contributed by atoms with van der Waals surface area (Å²) in [6.07, 6.45) is 0. The summed E-state index contributed by atoms with van der Waals surface area (Å²) in [5.41, 5.74) is 10.0. The zero-order valence-corrected chi connectivity index (χ0v) is 33.8. The first-order valence-corrected chi connectivity index (χ1v) is 21.4. The third kappa shape index (κ3) is 6.07. The van der Waals surface area contributed by atoms with Crippen molar-refractivity contribution in [2.45, 2.75) is 0 Å². The van der Waals surface area contributed by atoms with Crippen LogP contribution in [0.25, 0.3) is 120 Å². The fourth-order valence-corrected chi connectivity index (χ4v) is 10.2. The van der Waals surface area contributed by atoms with E-state index in [9.17, 15) is 0 Å². The zero-order valence-electron chi connectivity index (χ0n) is 33.0. The van der Waals surface area contributed by atoms with E-state index < -0.39 is 0 Å². The van der Waals surface area contributed by atoms with Crippen molar-refractivity contribution < 1.29 is 0 Å². The minimum absolute atomic E-state index is 0.642. The van der Waals surface area contributed by atoms with E-state index in [1.54, 1.807) is 11.3 Å². The summed E-state index contributed by atoms with van der Waals surface area (Å²) < 4.78 is 2.41. The first-order valence-electron chi connectivity index (χ1n) is 20.6. The van der Waals surface area contributed by atoms with Gasteiger partial charge in [0.25, 0.3) is 0 Å². The SMILES string of the molecule is c1ccc(-c2ccc3ccc(-c4ccc(-c5nc(-c6ccc(-c7ccccc7)c7ccccc67)nc(-c6cccc7c6sc6ccccc67)n5)c5ccccc45)cc3c2)cc1. The molecule has 284 valence electrons. The number of thiophene rings is 1. The molecule has 12 rings (SSSR count). The number of nitrogens with zero attached hydrogens (tertiary/aromatic N) is 3. The van der Waals surface area contributed by atoms with E-state index in [1.807, 2.05) is 0 Å². The first kappa shape index (κ1) is 35.2. The molecule has 0 saturated heterocycles. The molecule has 0 bridgehead atoms. The molecule has 12 aromatic rings. The van der Waals surface area contributed by atoms with E-state index in [0.717, 1.165) is 38.2 Å². The molecule has 2 heterocycles. The Hall–Kier alpha value is -7.79. The molecule has 0 unspecified atom stereocenters. The molecule has 0 N–H and O–H groups in total. The molecular weight excluding hydrogens is 759 g/mol. The fourth-order valence-electron chi connectivity index (χ4n) is 8.99. The van der Waals surface area contributed by atoms with Crippen LogP contribution in [0.5, 0.6) is 0 Å². The molecule has 4 heteroatoms. The Morgan fingerprint density at radius 3 is 1.36 bits per heavy atom. The van der Waals surface area contributed by atoms with Crippen molar-refractivity contribution in [3.05, 3.63) is 212 Å². The van der Waals surface area contributed by atoms with Gasteiger partial charge in [-0.15, -0.1) is 11.3 Å². The molecule has 0 saturated carbocycles. The molecule has 0 fully saturated rings. The first-order chi connectivity index (χ1) is 30.2. The highest BCUT2D eigenvalue weighted by molar-refractivity contribution is 7.26. The predicted molar refractivity (Wildman–Crippen MR) is 258 cm³/mol. The largest absolute Gasteiger partial charge is 0.208 e. The molecule has 0 radical (unpaired) electrons. The minimum Gasteiger partial charge on any atom is -0.208 e. The average Bonchev–Trinajstić information content (AvgIpc) is 3.72. The lowest BCUT2D eigenvalue weighted by atomic mass is 9.92. The van der Waals surface area contributed by atoms with Crippen LogP contribution in [0.1, 0.15) is 0 Å². The van der Waals surface area contributed by atoms with Crippen molar-refractivity contribution in [2.75, 3.05) is 0 Å². The Morgan fingerprint density at radius 1 is 0.262 bits per heavy atom. The Labute approximate surface area is 356 Å². The number of hydrogen-bond acceptors (Lipinski definition) is 4. The standard InChI is InChI=1S/C57H35N3S/c1-3-14-36(15-4-1)39-28-26-37-27-29-40(35-41(37)34-39)43-31-33-51(47-21-10-8-19-45(43)47)56-58-55(50-32-30-42(38-16-5-2-6-17-38)44-18-7-9-20-46(44)50)59-57(60-56)52-24-13-23-49-48-22-11-12-25-53(48)61-54(49)52/h1-35H. The van der Waals surface area contributed by atoms with Crippen molar-refractivity contribution in [3.63, 3.8) is 0 Å². The maximum atomic E-state index is 5.39. The number of benzene rings is 10. The lowest BCUT2D eigenvalue weighted by Gasteiger charge is -2.15.